The smallest absolute Gasteiger partial charge is 0.331 e. The van der Waals surface area contributed by atoms with Crippen molar-refractivity contribution in [2.45, 2.75) is 0 Å². The van der Waals surface area contributed by atoms with Crippen molar-refractivity contribution in [2.75, 3.05) is 44.8 Å². The summed E-state index contributed by atoms with van der Waals surface area (Å²) in [7, 11) is 1.64. The van der Waals surface area contributed by atoms with Crippen LogP contribution in [0.4, 0.5) is 5.69 Å². The molecule has 1 saturated heterocycles. The second kappa shape index (κ2) is 9.60. The van der Waals surface area contributed by atoms with Crippen LogP contribution in [0.25, 0.3) is 6.08 Å². The number of benzene rings is 2. The number of esters is 1. The lowest BCUT2D eigenvalue weighted by Gasteiger charge is -2.36. The molecular weight excluding hydrogens is 356 g/mol. The van der Waals surface area contributed by atoms with Crippen molar-refractivity contribution in [3.63, 3.8) is 0 Å². The third-order valence-electron chi connectivity index (χ3n) is 4.62. The van der Waals surface area contributed by atoms with Gasteiger partial charge < -0.3 is 19.3 Å². The van der Waals surface area contributed by atoms with Gasteiger partial charge >= 0.3 is 5.97 Å². The van der Waals surface area contributed by atoms with Gasteiger partial charge in [0.05, 0.1) is 7.11 Å². The molecule has 1 aliphatic heterocycles. The third-order valence-corrected chi connectivity index (χ3v) is 4.62. The van der Waals surface area contributed by atoms with E-state index >= 15 is 0 Å². The molecule has 0 atom stereocenters. The molecule has 0 bridgehead atoms. The molecule has 2 aromatic rings. The summed E-state index contributed by atoms with van der Waals surface area (Å²) >= 11 is 0. The number of carbonyl (C=O) groups is 2. The fourth-order valence-corrected chi connectivity index (χ4v) is 3.01. The maximum absolute atomic E-state index is 12.3. The number of piperazine rings is 1. The molecule has 0 spiro atoms. The Balaban J connectivity index is 1.42. The van der Waals surface area contributed by atoms with Crippen molar-refractivity contribution in [3.05, 3.63) is 66.2 Å². The standard InChI is InChI=1S/C22H24N2O4/c1-27-20-10-8-19(9-11-20)23-13-15-24(16-14-23)21(25)17-28-22(26)12-7-18-5-3-2-4-6-18/h2-12H,13-17H2,1H3/b12-7+. The molecule has 146 valence electrons. The maximum atomic E-state index is 12.3. The van der Waals surface area contributed by atoms with Crippen LogP contribution in [0.15, 0.2) is 60.7 Å². The van der Waals surface area contributed by atoms with Gasteiger partial charge in [0.15, 0.2) is 6.61 Å². The van der Waals surface area contributed by atoms with E-state index < -0.39 is 5.97 Å². The predicted octanol–water partition coefficient (Wildman–Crippen LogP) is 2.60. The SMILES string of the molecule is COc1ccc(N2CCN(C(=O)COC(=O)/C=C/c3ccccc3)CC2)cc1. The summed E-state index contributed by atoms with van der Waals surface area (Å²) in [5.74, 6) is 0.130. The zero-order valence-electron chi connectivity index (χ0n) is 15.9. The summed E-state index contributed by atoms with van der Waals surface area (Å²) in [5, 5.41) is 0. The minimum atomic E-state index is -0.519. The van der Waals surface area contributed by atoms with Gasteiger partial charge in [-0.1, -0.05) is 30.3 Å². The van der Waals surface area contributed by atoms with Crippen LogP contribution in [0.3, 0.4) is 0 Å². The van der Waals surface area contributed by atoms with Crippen LogP contribution in [-0.4, -0.2) is 56.7 Å². The molecule has 2 aromatic carbocycles. The Hall–Kier alpha value is -3.28. The Labute approximate surface area is 165 Å². The summed E-state index contributed by atoms with van der Waals surface area (Å²) in [4.78, 5) is 28.0. The first kappa shape index (κ1) is 19.5. The molecule has 0 N–H and O–H groups in total. The Morgan fingerprint density at radius 1 is 0.964 bits per heavy atom. The molecule has 0 aromatic heterocycles. The van der Waals surface area contributed by atoms with Crippen molar-refractivity contribution in [2.24, 2.45) is 0 Å². The predicted molar refractivity (Wildman–Crippen MR) is 108 cm³/mol. The summed E-state index contributed by atoms with van der Waals surface area (Å²) < 4.78 is 10.2. The molecule has 1 amide bonds. The average Bonchev–Trinajstić information content (AvgIpc) is 2.77. The number of carbonyl (C=O) groups excluding carboxylic acids is 2. The molecule has 1 fully saturated rings. The molecule has 0 unspecified atom stereocenters. The fraction of sp³-hybridized carbons (Fsp3) is 0.273. The van der Waals surface area contributed by atoms with E-state index in [1.54, 1.807) is 18.1 Å². The van der Waals surface area contributed by atoms with Crippen LogP contribution in [0, 0.1) is 0 Å². The summed E-state index contributed by atoms with van der Waals surface area (Å²) in [6, 6.07) is 17.3. The first-order valence-electron chi connectivity index (χ1n) is 9.22. The molecule has 28 heavy (non-hydrogen) atoms. The van der Waals surface area contributed by atoms with E-state index in [0.717, 1.165) is 30.1 Å². The Bertz CT molecular complexity index is 810. The third kappa shape index (κ3) is 5.36. The summed E-state index contributed by atoms with van der Waals surface area (Å²) in [6.07, 6.45) is 3.00. The lowest BCUT2D eigenvalue weighted by Crippen LogP contribution is -2.49. The highest BCUT2D eigenvalue weighted by Crippen LogP contribution is 2.20. The van der Waals surface area contributed by atoms with E-state index in [9.17, 15) is 9.59 Å². The van der Waals surface area contributed by atoms with Crippen molar-refractivity contribution in [3.8, 4) is 5.75 Å². The van der Waals surface area contributed by atoms with Gasteiger partial charge in [0.1, 0.15) is 5.75 Å². The molecular formula is C22H24N2O4. The molecule has 3 rings (SSSR count). The molecule has 0 aliphatic carbocycles. The van der Waals surface area contributed by atoms with Crippen LogP contribution in [0.1, 0.15) is 5.56 Å². The zero-order chi connectivity index (χ0) is 19.8. The Morgan fingerprint density at radius 2 is 1.64 bits per heavy atom. The number of anilines is 1. The van der Waals surface area contributed by atoms with Gasteiger partial charge in [-0.25, -0.2) is 4.79 Å². The number of hydrogen-bond donors (Lipinski definition) is 0. The quantitative estimate of drug-likeness (QED) is 0.570. The van der Waals surface area contributed by atoms with Crippen LogP contribution >= 0.6 is 0 Å². The highest BCUT2D eigenvalue weighted by molar-refractivity contribution is 5.89. The Morgan fingerprint density at radius 3 is 2.29 bits per heavy atom. The van der Waals surface area contributed by atoms with Crippen LogP contribution in [-0.2, 0) is 14.3 Å². The number of methoxy groups -OCH3 is 1. The van der Waals surface area contributed by atoms with Crippen molar-refractivity contribution in [1.29, 1.82) is 0 Å². The van der Waals surface area contributed by atoms with Crippen LogP contribution in [0.5, 0.6) is 5.75 Å². The second-order valence-electron chi connectivity index (χ2n) is 6.42. The first-order chi connectivity index (χ1) is 13.7. The van der Waals surface area contributed by atoms with Gasteiger partial charge in [-0.15, -0.1) is 0 Å². The molecule has 0 saturated carbocycles. The van der Waals surface area contributed by atoms with E-state index in [2.05, 4.69) is 4.90 Å². The summed E-state index contributed by atoms with van der Waals surface area (Å²) in [6.45, 7) is 2.44. The largest absolute Gasteiger partial charge is 0.497 e. The van der Waals surface area contributed by atoms with E-state index in [1.807, 2.05) is 54.6 Å². The normalized spacial score (nSPS) is 14.2. The van der Waals surface area contributed by atoms with Crippen molar-refractivity contribution < 1.29 is 19.1 Å². The maximum Gasteiger partial charge on any atom is 0.331 e. The van der Waals surface area contributed by atoms with Gasteiger partial charge in [0.2, 0.25) is 0 Å². The first-order valence-corrected chi connectivity index (χ1v) is 9.22. The van der Waals surface area contributed by atoms with Gasteiger partial charge in [0.25, 0.3) is 5.91 Å². The highest BCUT2D eigenvalue weighted by Gasteiger charge is 2.22. The molecule has 6 nitrogen and oxygen atoms in total. The van der Waals surface area contributed by atoms with Crippen LogP contribution < -0.4 is 9.64 Å². The number of hydrogen-bond acceptors (Lipinski definition) is 5. The second-order valence-corrected chi connectivity index (χ2v) is 6.42. The number of amides is 1. The minimum Gasteiger partial charge on any atom is -0.497 e. The fourth-order valence-electron chi connectivity index (χ4n) is 3.01. The number of nitrogens with zero attached hydrogens (tertiary/aromatic N) is 2. The molecule has 1 heterocycles. The summed E-state index contributed by atoms with van der Waals surface area (Å²) in [5.41, 5.74) is 2.01. The van der Waals surface area contributed by atoms with E-state index in [1.165, 1.54) is 6.08 Å². The average molecular weight is 380 g/mol. The van der Waals surface area contributed by atoms with E-state index in [4.69, 9.17) is 9.47 Å². The number of rotatable bonds is 6. The van der Waals surface area contributed by atoms with Gasteiger partial charge in [0, 0.05) is 37.9 Å². The van der Waals surface area contributed by atoms with Crippen molar-refractivity contribution in [1.82, 2.24) is 4.90 Å². The van der Waals surface area contributed by atoms with E-state index in [-0.39, 0.29) is 12.5 Å². The molecule has 0 radical (unpaired) electrons. The minimum absolute atomic E-state index is 0.171. The molecule has 6 heteroatoms. The topological polar surface area (TPSA) is 59.1 Å². The Kier molecular flexibility index (Phi) is 6.68. The van der Waals surface area contributed by atoms with Gasteiger partial charge in [-0.3, -0.25) is 4.79 Å². The highest BCUT2D eigenvalue weighted by atomic mass is 16.5. The van der Waals surface area contributed by atoms with Crippen LogP contribution in [0.2, 0.25) is 0 Å². The number of ether oxygens (including phenoxy) is 2. The monoisotopic (exact) mass is 380 g/mol. The van der Waals surface area contributed by atoms with Gasteiger partial charge in [-0.2, -0.15) is 0 Å². The van der Waals surface area contributed by atoms with Gasteiger partial charge in [-0.05, 0) is 35.9 Å². The lowest BCUT2D eigenvalue weighted by atomic mass is 10.2. The zero-order valence-corrected chi connectivity index (χ0v) is 15.9. The van der Waals surface area contributed by atoms with E-state index in [0.29, 0.717) is 13.1 Å². The lowest BCUT2D eigenvalue weighted by molar-refractivity contribution is -0.148. The molecule has 1 aliphatic rings. The van der Waals surface area contributed by atoms with Crippen molar-refractivity contribution >= 4 is 23.6 Å².